The molecule has 4 aromatic rings. The Bertz CT molecular complexity index is 1130. The van der Waals surface area contributed by atoms with Gasteiger partial charge in [0, 0.05) is 28.8 Å². The zero-order valence-electron chi connectivity index (χ0n) is 16.8. The number of fused-ring (bicyclic) bond motifs is 1. The quantitative estimate of drug-likeness (QED) is 0.456. The minimum Gasteiger partial charge on any atom is -0.390 e. The topological polar surface area (TPSA) is 63.8 Å². The summed E-state index contributed by atoms with van der Waals surface area (Å²) in [7, 11) is 0. The Morgan fingerprint density at radius 1 is 1.00 bits per heavy atom. The molecule has 1 N–H and O–H groups in total. The summed E-state index contributed by atoms with van der Waals surface area (Å²) in [5.74, 6) is 1.37. The highest BCUT2D eigenvalue weighted by atomic mass is 32.2. The second kappa shape index (κ2) is 7.97. The average Bonchev–Trinajstić information content (AvgIpc) is 3.14. The van der Waals surface area contributed by atoms with Gasteiger partial charge in [-0.05, 0) is 32.9 Å². The Kier molecular flexibility index (Phi) is 5.39. The molecule has 0 bridgehead atoms. The Balaban J connectivity index is 1.86. The molecule has 148 valence electrons. The number of pyridine rings is 1. The molecule has 0 radical (unpaired) electrons. The van der Waals surface area contributed by atoms with Gasteiger partial charge in [-0.25, -0.2) is 4.98 Å². The molecule has 5 nitrogen and oxygen atoms in total. The monoisotopic (exact) mass is 404 g/mol. The standard InChI is InChI=1S/C23H24N4OS/c1-4-27-21(25-26-22(27)29-15-23(2,3)28)18-14-20(16-10-6-5-7-11-16)24-19-13-9-8-12-17(18)19/h5-14,28H,4,15H2,1-3H3. The predicted octanol–water partition coefficient (Wildman–Crippen LogP) is 5.04. The molecule has 0 aliphatic heterocycles. The lowest BCUT2D eigenvalue weighted by Gasteiger charge is -2.16. The van der Waals surface area contributed by atoms with Gasteiger partial charge in [-0.15, -0.1) is 10.2 Å². The number of rotatable bonds is 6. The molecule has 0 saturated heterocycles. The number of nitrogens with zero attached hydrogens (tertiary/aromatic N) is 4. The average molecular weight is 405 g/mol. The summed E-state index contributed by atoms with van der Waals surface area (Å²) in [6.45, 7) is 6.43. The summed E-state index contributed by atoms with van der Waals surface area (Å²) in [5.41, 5.74) is 3.16. The van der Waals surface area contributed by atoms with Crippen molar-refractivity contribution in [2.75, 3.05) is 5.75 Å². The lowest BCUT2D eigenvalue weighted by Crippen LogP contribution is -2.22. The van der Waals surface area contributed by atoms with E-state index < -0.39 is 5.60 Å². The first-order valence-corrected chi connectivity index (χ1v) is 10.7. The minimum absolute atomic E-state index is 0.553. The molecular formula is C23H24N4OS. The SMILES string of the molecule is CCn1c(SCC(C)(C)O)nnc1-c1cc(-c2ccccc2)nc2ccccc12. The third kappa shape index (κ3) is 4.18. The summed E-state index contributed by atoms with van der Waals surface area (Å²) in [4.78, 5) is 4.87. The first-order chi connectivity index (χ1) is 14.0. The van der Waals surface area contributed by atoms with Gasteiger partial charge in [-0.3, -0.25) is 0 Å². The molecule has 0 aliphatic rings. The van der Waals surface area contributed by atoms with Crippen LogP contribution in [0.4, 0.5) is 0 Å². The van der Waals surface area contributed by atoms with Crippen molar-refractivity contribution >= 4 is 22.7 Å². The van der Waals surface area contributed by atoms with Crippen LogP contribution in [0.2, 0.25) is 0 Å². The molecule has 0 saturated carbocycles. The van der Waals surface area contributed by atoms with Crippen LogP contribution in [0.5, 0.6) is 0 Å². The minimum atomic E-state index is -0.765. The summed E-state index contributed by atoms with van der Waals surface area (Å²) in [5, 5.41) is 20.9. The number of aliphatic hydroxyl groups is 1. The van der Waals surface area contributed by atoms with Gasteiger partial charge in [0.15, 0.2) is 11.0 Å². The Hall–Kier alpha value is -2.70. The van der Waals surface area contributed by atoms with Crippen molar-refractivity contribution in [2.45, 2.75) is 38.1 Å². The molecule has 0 unspecified atom stereocenters. The maximum absolute atomic E-state index is 10.1. The smallest absolute Gasteiger partial charge is 0.191 e. The molecule has 0 amide bonds. The van der Waals surface area contributed by atoms with E-state index in [4.69, 9.17) is 4.98 Å². The van der Waals surface area contributed by atoms with E-state index in [1.807, 2.05) is 36.4 Å². The number of hydrogen-bond donors (Lipinski definition) is 1. The fraction of sp³-hybridized carbons (Fsp3) is 0.261. The molecule has 6 heteroatoms. The molecule has 29 heavy (non-hydrogen) atoms. The number of benzene rings is 2. The van der Waals surface area contributed by atoms with Crippen LogP contribution >= 0.6 is 11.8 Å². The van der Waals surface area contributed by atoms with Crippen LogP contribution in [0.15, 0.2) is 65.8 Å². The summed E-state index contributed by atoms with van der Waals surface area (Å²) in [6.07, 6.45) is 0. The van der Waals surface area contributed by atoms with Crippen LogP contribution in [-0.4, -0.2) is 36.2 Å². The fourth-order valence-electron chi connectivity index (χ4n) is 3.24. The third-order valence-electron chi connectivity index (χ3n) is 4.61. The Morgan fingerprint density at radius 2 is 1.72 bits per heavy atom. The number of para-hydroxylation sites is 1. The molecule has 0 spiro atoms. The maximum Gasteiger partial charge on any atom is 0.191 e. The number of hydrogen-bond acceptors (Lipinski definition) is 5. The van der Waals surface area contributed by atoms with Crippen molar-refractivity contribution in [1.29, 1.82) is 0 Å². The molecule has 2 aromatic carbocycles. The van der Waals surface area contributed by atoms with Crippen molar-refractivity contribution in [3.63, 3.8) is 0 Å². The fourth-order valence-corrected chi connectivity index (χ4v) is 4.19. The zero-order chi connectivity index (χ0) is 20.4. The van der Waals surface area contributed by atoms with Crippen molar-refractivity contribution in [1.82, 2.24) is 19.7 Å². The van der Waals surface area contributed by atoms with Gasteiger partial charge in [0.2, 0.25) is 0 Å². The Labute approximate surface area is 174 Å². The van der Waals surface area contributed by atoms with E-state index in [0.717, 1.165) is 45.2 Å². The first kappa shape index (κ1) is 19.6. The van der Waals surface area contributed by atoms with Gasteiger partial charge < -0.3 is 9.67 Å². The summed E-state index contributed by atoms with van der Waals surface area (Å²) >= 11 is 1.52. The van der Waals surface area contributed by atoms with E-state index in [0.29, 0.717) is 5.75 Å². The van der Waals surface area contributed by atoms with E-state index in [2.05, 4.69) is 46.0 Å². The normalized spacial score (nSPS) is 11.9. The second-order valence-corrected chi connectivity index (χ2v) is 8.53. The van der Waals surface area contributed by atoms with Crippen LogP contribution < -0.4 is 0 Å². The molecule has 0 fully saturated rings. The molecular weight excluding hydrogens is 380 g/mol. The summed E-state index contributed by atoms with van der Waals surface area (Å²) in [6, 6.07) is 20.4. The molecule has 4 rings (SSSR count). The zero-order valence-corrected chi connectivity index (χ0v) is 17.6. The number of aromatic nitrogens is 4. The van der Waals surface area contributed by atoms with Gasteiger partial charge in [-0.2, -0.15) is 0 Å². The van der Waals surface area contributed by atoms with Gasteiger partial charge in [0.1, 0.15) is 0 Å². The van der Waals surface area contributed by atoms with Crippen LogP contribution in [0.1, 0.15) is 20.8 Å². The number of thioether (sulfide) groups is 1. The molecule has 0 aliphatic carbocycles. The second-order valence-electron chi connectivity index (χ2n) is 7.59. The lowest BCUT2D eigenvalue weighted by atomic mass is 10.0. The largest absolute Gasteiger partial charge is 0.390 e. The highest BCUT2D eigenvalue weighted by Crippen LogP contribution is 2.33. The Morgan fingerprint density at radius 3 is 2.45 bits per heavy atom. The van der Waals surface area contributed by atoms with Crippen LogP contribution in [0.25, 0.3) is 33.5 Å². The summed E-state index contributed by atoms with van der Waals surface area (Å²) < 4.78 is 2.10. The lowest BCUT2D eigenvalue weighted by molar-refractivity contribution is 0.107. The van der Waals surface area contributed by atoms with Crippen LogP contribution in [-0.2, 0) is 6.54 Å². The van der Waals surface area contributed by atoms with Gasteiger partial charge in [0.05, 0.1) is 16.8 Å². The van der Waals surface area contributed by atoms with Gasteiger partial charge >= 0.3 is 0 Å². The van der Waals surface area contributed by atoms with Crippen molar-refractivity contribution < 1.29 is 5.11 Å². The van der Waals surface area contributed by atoms with Gasteiger partial charge in [-0.1, -0.05) is 60.3 Å². The third-order valence-corrected chi connectivity index (χ3v) is 6.03. The van der Waals surface area contributed by atoms with Crippen LogP contribution in [0.3, 0.4) is 0 Å². The van der Waals surface area contributed by atoms with Crippen molar-refractivity contribution in [2.24, 2.45) is 0 Å². The van der Waals surface area contributed by atoms with Crippen molar-refractivity contribution in [3.8, 4) is 22.6 Å². The highest BCUT2D eigenvalue weighted by molar-refractivity contribution is 7.99. The predicted molar refractivity (Wildman–Crippen MR) is 119 cm³/mol. The highest BCUT2D eigenvalue weighted by Gasteiger charge is 2.20. The maximum atomic E-state index is 10.1. The first-order valence-electron chi connectivity index (χ1n) is 9.70. The van der Waals surface area contributed by atoms with E-state index in [1.165, 1.54) is 11.8 Å². The van der Waals surface area contributed by atoms with E-state index in [1.54, 1.807) is 13.8 Å². The molecule has 0 atom stereocenters. The molecule has 2 heterocycles. The van der Waals surface area contributed by atoms with E-state index in [-0.39, 0.29) is 0 Å². The van der Waals surface area contributed by atoms with E-state index in [9.17, 15) is 5.11 Å². The van der Waals surface area contributed by atoms with Crippen molar-refractivity contribution in [3.05, 3.63) is 60.7 Å². The van der Waals surface area contributed by atoms with Gasteiger partial charge in [0.25, 0.3) is 0 Å². The van der Waals surface area contributed by atoms with E-state index >= 15 is 0 Å². The van der Waals surface area contributed by atoms with Crippen LogP contribution in [0, 0.1) is 0 Å². The molecule has 2 aromatic heterocycles.